The Bertz CT molecular complexity index is 465. The van der Waals surface area contributed by atoms with Gasteiger partial charge >= 0.3 is 5.97 Å². The van der Waals surface area contributed by atoms with E-state index >= 15 is 0 Å². The van der Waals surface area contributed by atoms with Crippen LogP contribution < -0.4 is 5.32 Å². The third kappa shape index (κ3) is 5.25. The Morgan fingerprint density at radius 1 is 1.37 bits per heavy atom. The fourth-order valence-electron chi connectivity index (χ4n) is 1.35. The van der Waals surface area contributed by atoms with Crippen molar-refractivity contribution in [3.05, 3.63) is 35.9 Å². The molecule has 5 heteroatoms. The largest absolute Gasteiger partial charge is 0.508 e. The highest BCUT2D eigenvalue weighted by Crippen LogP contribution is 2.10. The molecule has 0 heterocycles. The number of carbonyl (C=O) groups excluding carboxylic acids is 2. The molecule has 1 rings (SSSR count). The van der Waals surface area contributed by atoms with Crippen molar-refractivity contribution in [3.63, 3.8) is 0 Å². The Labute approximate surface area is 111 Å². The summed E-state index contributed by atoms with van der Waals surface area (Å²) in [5.74, 6) is -0.681. The van der Waals surface area contributed by atoms with Gasteiger partial charge in [0.25, 0.3) is 0 Å². The smallest absolute Gasteiger partial charge is 0.328 e. The topological polar surface area (TPSA) is 75.6 Å². The van der Waals surface area contributed by atoms with Crippen LogP contribution in [0.15, 0.2) is 30.3 Å². The van der Waals surface area contributed by atoms with E-state index in [0.29, 0.717) is 0 Å². The van der Waals surface area contributed by atoms with Crippen molar-refractivity contribution >= 4 is 18.0 Å². The molecule has 0 aromatic heterocycles. The molecule has 0 aliphatic rings. The fraction of sp³-hybridized carbons (Fsp3) is 0.286. The van der Waals surface area contributed by atoms with Gasteiger partial charge in [0.05, 0.1) is 6.61 Å². The average molecular weight is 263 g/mol. The molecule has 0 saturated heterocycles. The van der Waals surface area contributed by atoms with Gasteiger partial charge in [-0.3, -0.25) is 4.79 Å². The molecule has 1 unspecified atom stereocenters. The zero-order chi connectivity index (χ0) is 14.3. The third-order valence-corrected chi connectivity index (χ3v) is 2.32. The van der Waals surface area contributed by atoms with Gasteiger partial charge in [-0.15, -0.1) is 0 Å². The average Bonchev–Trinajstić information content (AvgIpc) is 2.38. The molecule has 1 amide bonds. The zero-order valence-corrected chi connectivity index (χ0v) is 10.9. The molecule has 0 bridgehead atoms. The lowest BCUT2D eigenvalue weighted by Crippen LogP contribution is -2.38. The minimum atomic E-state index is -0.683. The number of nitrogens with one attached hydrogen (secondary N) is 1. The normalized spacial score (nSPS) is 12.1. The number of hydrogen-bond acceptors (Lipinski definition) is 4. The monoisotopic (exact) mass is 263 g/mol. The number of ether oxygens (including phenoxy) is 1. The van der Waals surface area contributed by atoms with E-state index in [1.807, 2.05) is 0 Å². The SMILES string of the molecule is CCOC(=O)C(C)NC(=O)C=Cc1ccc(O)cc1. The molecule has 1 aromatic carbocycles. The summed E-state index contributed by atoms with van der Waals surface area (Å²) in [7, 11) is 0. The second-order valence-electron chi connectivity index (χ2n) is 3.91. The Morgan fingerprint density at radius 2 is 2.00 bits per heavy atom. The summed E-state index contributed by atoms with van der Waals surface area (Å²) in [5.41, 5.74) is 0.775. The number of aromatic hydroxyl groups is 1. The summed E-state index contributed by atoms with van der Waals surface area (Å²) in [6.45, 7) is 3.55. The van der Waals surface area contributed by atoms with Gasteiger partial charge in [-0.05, 0) is 37.6 Å². The van der Waals surface area contributed by atoms with E-state index in [0.717, 1.165) is 5.56 Å². The molecule has 0 radical (unpaired) electrons. The van der Waals surface area contributed by atoms with Gasteiger partial charge in [0.15, 0.2) is 0 Å². The van der Waals surface area contributed by atoms with E-state index in [4.69, 9.17) is 9.84 Å². The maximum atomic E-state index is 11.5. The first kappa shape index (κ1) is 14.8. The van der Waals surface area contributed by atoms with Crippen LogP contribution in [0.1, 0.15) is 19.4 Å². The number of benzene rings is 1. The Hall–Kier alpha value is -2.30. The van der Waals surface area contributed by atoms with Crippen molar-refractivity contribution in [1.29, 1.82) is 0 Å². The summed E-state index contributed by atoms with van der Waals surface area (Å²) in [6, 6.07) is 5.72. The van der Waals surface area contributed by atoms with Crippen LogP contribution in [0.25, 0.3) is 6.08 Å². The number of carbonyl (C=O) groups is 2. The zero-order valence-electron chi connectivity index (χ0n) is 10.9. The van der Waals surface area contributed by atoms with Crippen molar-refractivity contribution in [1.82, 2.24) is 5.32 Å². The van der Waals surface area contributed by atoms with E-state index in [1.165, 1.54) is 18.2 Å². The van der Waals surface area contributed by atoms with Gasteiger partial charge in [-0.25, -0.2) is 4.79 Å². The van der Waals surface area contributed by atoms with Gasteiger partial charge in [0, 0.05) is 6.08 Å². The maximum absolute atomic E-state index is 11.5. The third-order valence-electron chi connectivity index (χ3n) is 2.32. The Morgan fingerprint density at radius 3 is 2.58 bits per heavy atom. The van der Waals surface area contributed by atoms with Gasteiger partial charge in [-0.1, -0.05) is 12.1 Å². The summed E-state index contributed by atoms with van der Waals surface area (Å²) in [6.07, 6.45) is 2.91. The van der Waals surface area contributed by atoms with Gasteiger partial charge < -0.3 is 15.2 Å². The molecule has 5 nitrogen and oxygen atoms in total. The lowest BCUT2D eigenvalue weighted by atomic mass is 10.2. The highest BCUT2D eigenvalue weighted by molar-refractivity contribution is 5.94. The number of phenolic OH excluding ortho intramolecular Hbond substituents is 1. The highest BCUT2D eigenvalue weighted by atomic mass is 16.5. The van der Waals surface area contributed by atoms with E-state index in [-0.39, 0.29) is 18.3 Å². The number of rotatable bonds is 5. The van der Waals surface area contributed by atoms with Crippen LogP contribution in [0.2, 0.25) is 0 Å². The molecule has 0 spiro atoms. The quantitative estimate of drug-likeness (QED) is 0.623. The molecule has 0 aliphatic carbocycles. The van der Waals surface area contributed by atoms with Crippen molar-refractivity contribution < 1.29 is 19.4 Å². The van der Waals surface area contributed by atoms with Gasteiger partial charge in [0.1, 0.15) is 11.8 Å². The fourth-order valence-corrected chi connectivity index (χ4v) is 1.35. The predicted octanol–water partition coefficient (Wildman–Crippen LogP) is 1.47. The molecule has 102 valence electrons. The first-order chi connectivity index (χ1) is 9.02. The second kappa shape index (κ2) is 7.20. The number of phenols is 1. The van der Waals surface area contributed by atoms with Gasteiger partial charge in [-0.2, -0.15) is 0 Å². The van der Waals surface area contributed by atoms with E-state index in [2.05, 4.69) is 5.32 Å². The molecule has 19 heavy (non-hydrogen) atoms. The lowest BCUT2D eigenvalue weighted by molar-refractivity contribution is -0.146. The molecular weight excluding hydrogens is 246 g/mol. The minimum Gasteiger partial charge on any atom is -0.508 e. The summed E-state index contributed by atoms with van der Waals surface area (Å²) >= 11 is 0. The molecule has 1 atom stereocenters. The molecule has 0 saturated carbocycles. The van der Waals surface area contributed by atoms with Crippen LogP contribution in [0.4, 0.5) is 0 Å². The van der Waals surface area contributed by atoms with Crippen molar-refractivity contribution in [2.75, 3.05) is 6.61 Å². The van der Waals surface area contributed by atoms with Crippen molar-refractivity contribution in [2.24, 2.45) is 0 Å². The van der Waals surface area contributed by atoms with E-state index in [9.17, 15) is 9.59 Å². The Kier molecular flexibility index (Phi) is 5.60. The highest BCUT2D eigenvalue weighted by Gasteiger charge is 2.14. The van der Waals surface area contributed by atoms with Crippen molar-refractivity contribution in [2.45, 2.75) is 19.9 Å². The first-order valence-electron chi connectivity index (χ1n) is 5.97. The van der Waals surface area contributed by atoms with Gasteiger partial charge in [0.2, 0.25) is 5.91 Å². The van der Waals surface area contributed by atoms with Crippen molar-refractivity contribution in [3.8, 4) is 5.75 Å². The van der Waals surface area contributed by atoms with E-state index < -0.39 is 12.0 Å². The minimum absolute atomic E-state index is 0.164. The maximum Gasteiger partial charge on any atom is 0.328 e. The standard InChI is InChI=1S/C14H17NO4/c1-3-19-14(18)10(2)15-13(17)9-6-11-4-7-12(16)8-5-11/h4-10,16H,3H2,1-2H3,(H,15,17). The van der Waals surface area contributed by atoms with Crippen LogP contribution in [0.3, 0.4) is 0 Å². The van der Waals surface area contributed by atoms with Crippen LogP contribution >= 0.6 is 0 Å². The number of hydrogen-bond donors (Lipinski definition) is 2. The first-order valence-corrected chi connectivity index (χ1v) is 5.97. The summed E-state index contributed by atoms with van der Waals surface area (Å²) in [4.78, 5) is 22.8. The molecule has 2 N–H and O–H groups in total. The van der Waals surface area contributed by atoms with Crippen LogP contribution in [-0.4, -0.2) is 29.6 Å². The summed E-state index contributed by atoms with van der Waals surface area (Å²) in [5, 5.41) is 11.6. The van der Waals surface area contributed by atoms with Crippen LogP contribution in [0.5, 0.6) is 5.75 Å². The lowest BCUT2D eigenvalue weighted by Gasteiger charge is -2.10. The number of esters is 1. The van der Waals surface area contributed by atoms with Crippen LogP contribution in [0, 0.1) is 0 Å². The Balaban J connectivity index is 2.51. The number of amides is 1. The molecule has 1 aromatic rings. The predicted molar refractivity (Wildman–Crippen MR) is 71.4 cm³/mol. The van der Waals surface area contributed by atoms with Crippen LogP contribution in [-0.2, 0) is 14.3 Å². The molecule has 0 aliphatic heterocycles. The summed E-state index contributed by atoms with van der Waals surface area (Å²) < 4.78 is 4.77. The second-order valence-corrected chi connectivity index (χ2v) is 3.91. The van der Waals surface area contributed by atoms with E-state index in [1.54, 1.807) is 32.1 Å². The molecule has 0 fully saturated rings. The molecular formula is C14H17NO4.